The summed E-state index contributed by atoms with van der Waals surface area (Å²) in [5.74, 6) is 0.940. The Hall–Kier alpha value is -3.60. The molecule has 0 fully saturated rings. The molecule has 0 aliphatic heterocycles. The highest BCUT2D eigenvalue weighted by Gasteiger charge is 2.11. The van der Waals surface area contributed by atoms with E-state index in [9.17, 15) is 15.4 Å². The van der Waals surface area contributed by atoms with Gasteiger partial charge < -0.3 is 9.47 Å². The first-order valence-corrected chi connectivity index (χ1v) is 9.20. The van der Waals surface area contributed by atoms with Crippen LogP contribution in [0.25, 0.3) is 11.6 Å². The second-order valence-corrected chi connectivity index (χ2v) is 6.74. The van der Waals surface area contributed by atoms with Gasteiger partial charge in [0.15, 0.2) is 11.5 Å². The van der Waals surface area contributed by atoms with E-state index in [2.05, 4.69) is 11.1 Å². The predicted molar refractivity (Wildman–Crippen MR) is 114 cm³/mol. The van der Waals surface area contributed by atoms with Gasteiger partial charge in [-0.15, -0.1) is 0 Å². The Morgan fingerprint density at radius 2 is 1.93 bits per heavy atom. The molecule has 0 radical (unpaired) electrons. The fourth-order valence-corrected chi connectivity index (χ4v) is 2.82. The number of allylic oxidation sites excluding steroid dienone is 1. The van der Waals surface area contributed by atoms with Crippen LogP contribution in [0, 0.1) is 21.4 Å². The topological polar surface area (TPSA) is 98.3 Å². The number of halogens is 2. The summed E-state index contributed by atoms with van der Waals surface area (Å²) in [5.41, 5.74) is 1.57. The zero-order valence-electron chi connectivity index (χ0n) is 15.5. The molecular formula is C21H13Cl2N3O4. The number of hydrogen-bond donors (Lipinski definition) is 0. The van der Waals surface area contributed by atoms with Crippen molar-refractivity contribution >= 4 is 40.5 Å². The third-order valence-corrected chi connectivity index (χ3v) is 4.73. The minimum atomic E-state index is -0.543. The standard InChI is InChI=1S/C21H13Cl2N3O4/c1-29-20-9-13(8-15(11-24)14-3-5-17(22)18(23)10-14)2-6-19(20)30-21-7-4-16(12-25-21)26(27)28/h2-10,12H,1H3/b15-8-. The Labute approximate surface area is 181 Å². The number of ether oxygens (including phenoxy) is 2. The number of hydrogen-bond acceptors (Lipinski definition) is 6. The van der Waals surface area contributed by atoms with Gasteiger partial charge in [-0.3, -0.25) is 10.1 Å². The highest BCUT2D eigenvalue weighted by atomic mass is 35.5. The van der Waals surface area contributed by atoms with E-state index < -0.39 is 4.92 Å². The van der Waals surface area contributed by atoms with Gasteiger partial charge in [-0.25, -0.2) is 4.98 Å². The minimum absolute atomic E-state index is 0.138. The number of methoxy groups -OCH3 is 1. The molecule has 0 N–H and O–H groups in total. The van der Waals surface area contributed by atoms with Crippen molar-refractivity contribution in [2.75, 3.05) is 7.11 Å². The van der Waals surface area contributed by atoms with Crippen LogP contribution in [0.3, 0.4) is 0 Å². The van der Waals surface area contributed by atoms with E-state index >= 15 is 0 Å². The van der Waals surface area contributed by atoms with Crippen LogP contribution < -0.4 is 9.47 Å². The van der Waals surface area contributed by atoms with Gasteiger partial charge in [0.25, 0.3) is 5.69 Å². The summed E-state index contributed by atoms with van der Waals surface area (Å²) in [7, 11) is 1.48. The van der Waals surface area contributed by atoms with E-state index in [4.69, 9.17) is 32.7 Å². The molecule has 30 heavy (non-hydrogen) atoms. The van der Waals surface area contributed by atoms with Crippen LogP contribution in [0.5, 0.6) is 17.4 Å². The van der Waals surface area contributed by atoms with Crippen LogP contribution in [-0.4, -0.2) is 17.0 Å². The van der Waals surface area contributed by atoms with E-state index in [0.29, 0.717) is 38.2 Å². The maximum Gasteiger partial charge on any atom is 0.287 e. The van der Waals surface area contributed by atoms with Crippen LogP contribution in [-0.2, 0) is 0 Å². The highest BCUT2D eigenvalue weighted by molar-refractivity contribution is 6.42. The molecule has 0 unspecified atom stereocenters. The number of rotatable bonds is 6. The van der Waals surface area contributed by atoms with Crippen molar-refractivity contribution < 1.29 is 14.4 Å². The number of pyridine rings is 1. The van der Waals surface area contributed by atoms with E-state index in [1.165, 1.54) is 19.2 Å². The first-order chi connectivity index (χ1) is 14.4. The largest absolute Gasteiger partial charge is 0.493 e. The molecule has 0 bridgehead atoms. The quantitative estimate of drug-likeness (QED) is 0.196. The predicted octanol–water partition coefficient (Wildman–Crippen LogP) is 6.16. The molecule has 0 spiro atoms. The Morgan fingerprint density at radius 1 is 1.13 bits per heavy atom. The first-order valence-electron chi connectivity index (χ1n) is 8.45. The zero-order chi connectivity index (χ0) is 21.7. The molecule has 0 saturated carbocycles. The Kier molecular flexibility index (Phi) is 6.52. The second-order valence-electron chi connectivity index (χ2n) is 5.92. The average molecular weight is 442 g/mol. The van der Waals surface area contributed by atoms with Gasteiger partial charge in [0, 0.05) is 12.1 Å². The molecule has 1 heterocycles. The fourth-order valence-electron chi connectivity index (χ4n) is 2.52. The summed E-state index contributed by atoms with van der Waals surface area (Å²) in [5, 5.41) is 21.0. The van der Waals surface area contributed by atoms with Crippen molar-refractivity contribution in [3.05, 3.63) is 86.0 Å². The lowest BCUT2D eigenvalue weighted by Gasteiger charge is -2.10. The molecule has 1 aromatic heterocycles. The summed E-state index contributed by atoms with van der Waals surface area (Å²) in [6, 6.07) is 14.9. The smallest absolute Gasteiger partial charge is 0.287 e. The Bertz CT molecular complexity index is 1170. The van der Waals surface area contributed by atoms with Gasteiger partial charge in [-0.1, -0.05) is 35.3 Å². The van der Waals surface area contributed by atoms with Crippen molar-refractivity contribution in [3.63, 3.8) is 0 Å². The normalized spacial score (nSPS) is 10.9. The van der Waals surface area contributed by atoms with Gasteiger partial charge in [-0.2, -0.15) is 5.26 Å². The van der Waals surface area contributed by atoms with Crippen molar-refractivity contribution in [2.45, 2.75) is 0 Å². The molecule has 3 aromatic rings. The third kappa shape index (κ3) is 4.87. The van der Waals surface area contributed by atoms with E-state index in [-0.39, 0.29) is 11.6 Å². The summed E-state index contributed by atoms with van der Waals surface area (Å²) in [6.07, 6.45) is 2.78. The number of benzene rings is 2. The molecule has 0 atom stereocenters. The summed E-state index contributed by atoms with van der Waals surface area (Å²) in [4.78, 5) is 14.1. The SMILES string of the molecule is COc1cc(/C=C(/C#N)c2ccc(Cl)c(Cl)c2)ccc1Oc1ccc([N+](=O)[O-])cn1. The van der Waals surface area contributed by atoms with Crippen molar-refractivity contribution in [1.29, 1.82) is 5.26 Å². The summed E-state index contributed by atoms with van der Waals surface area (Å²) >= 11 is 12.0. The van der Waals surface area contributed by atoms with Gasteiger partial charge in [0.2, 0.25) is 5.88 Å². The van der Waals surface area contributed by atoms with Crippen LogP contribution in [0.1, 0.15) is 11.1 Å². The number of nitro groups is 1. The lowest BCUT2D eigenvalue weighted by Crippen LogP contribution is -1.94. The minimum Gasteiger partial charge on any atom is -0.493 e. The lowest BCUT2D eigenvalue weighted by atomic mass is 10.0. The first kappa shape index (κ1) is 21.1. The molecule has 3 rings (SSSR count). The van der Waals surface area contributed by atoms with Crippen molar-refractivity contribution in [1.82, 2.24) is 4.98 Å². The molecule has 7 nitrogen and oxygen atoms in total. The average Bonchev–Trinajstić information content (AvgIpc) is 2.75. The van der Waals surface area contributed by atoms with E-state index in [0.717, 1.165) is 6.20 Å². The molecule has 0 aliphatic rings. The van der Waals surface area contributed by atoms with Crippen molar-refractivity contribution in [3.8, 4) is 23.4 Å². The maximum atomic E-state index is 10.7. The molecule has 0 aliphatic carbocycles. The third-order valence-electron chi connectivity index (χ3n) is 4.00. The van der Waals surface area contributed by atoms with Crippen LogP contribution >= 0.6 is 23.2 Å². The number of aromatic nitrogens is 1. The summed E-state index contributed by atoms with van der Waals surface area (Å²) < 4.78 is 11.0. The monoisotopic (exact) mass is 441 g/mol. The van der Waals surface area contributed by atoms with E-state index in [1.807, 2.05) is 0 Å². The molecule has 0 saturated heterocycles. The second kappa shape index (κ2) is 9.27. The Morgan fingerprint density at radius 3 is 2.53 bits per heavy atom. The molecular weight excluding hydrogens is 429 g/mol. The lowest BCUT2D eigenvalue weighted by molar-refractivity contribution is -0.385. The maximum absolute atomic E-state index is 10.7. The van der Waals surface area contributed by atoms with Crippen LogP contribution in [0.2, 0.25) is 10.0 Å². The Balaban J connectivity index is 1.89. The van der Waals surface area contributed by atoms with Gasteiger partial charge in [0.1, 0.15) is 6.20 Å². The van der Waals surface area contributed by atoms with Gasteiger partial charge in [0.05, 0.1) is 33.7 Å². The molecule has 0 amide bonds. The molecule has 2 aromatic carbocycles. The highest BCUT2D eigenvalue weighted by Crippen LogP contribution is 2.33. The fraction of sp³-hybridized carbons (Fsp3) is 0.0476. The van der Waals surface area contributed by atoms with Gasteiger partial charge in [-0.05, 0) is 41.5 Å². The van der Waals surface area contributed by atoms with E-state index in [1.54, 1.807) is 42.5 Å². The molecule has 150 valence electrons. The number of nitriles is 1. The zero-order valence-corrected chi connectivity index (χ0v) is 17.0. The molecule has 9 heteroatoms. The van der Waals surface area contributed by atoms with Crippen LogP contribution in [0.4, 0.5) is 5.69 Å². The summed E-state index contributed by atoms with van der Waals surface area (Å²) in [6.45, 7) is 0. The van der Waals surface area contributed by atoms with Crippen molar-refractivity contribution in [2.24, 2.45) is 0 Å². The van der Waals surface area contributed by atoms with Crippen LogP contribution in [0.15, 0.2) is 54.7 Å². The van der Waals surface area contributed by atoms with Gasteiger partial charge >= 0.3 is 0 Å². The number of nitrogens with zero attached hydrogens (tertiary/aromatic N) is 3.